The van der Waals surface area contributed by atoms with Crippen molar-refractivity contribution >= 4 is 5.91 Å². The Kier molecular flexibility index (Phi) is 4.22. The second-order valence-electron chi connectivity index (χ2n) is 6.19. The zero-order valence-electron chi connectivity index (χ0n) is 13.8. The van der Waals surface area contributed by atoms with Crippen LogP contribution in [0.4, 0.5) is 0 Å². The normalized spacial score (nSPS) is 19.7. The predicted molar refractivity (Wildman–Crippen MR) is 88.4 cm³/mol. The Morgan fingerprint density at radius 3 is 2.87 bits per heavy atom. The van der Waals surface area contributed by atoms with Crippen molar-refractivity contribution in [2.24, 2.45) is 0 Å². The fraction of sp³-hybridized carbons (Fsp3) is 0.444. The van der Waals surface area contributed by atoms with Gasteiger partial charge in [-0.15, -0.1) is 0 Å². The summed E-state index contributed by atoms with van der Waals surface area (Å²) in [7, 11) is 0. The maximum atomic E-state index is 12.7. The minimum atomic E-state index is -0.581. The van der Waals surface area contributed by atoms with Crippen LogP contribution in [0.25, 0.3) is 0 Å². The molecule has 3 rings (SSSR count). The summed E-state index contributed by atoms with van der Waals surface area (Å²) in [6.07, 6.45) is 0.967. The highest BCUT2D eigenvalue weighted by Gasteiger charge is 2.33. The fourth-order valence-electron chi connectivity index (χ4n) is 3.42. The summed E-state index contributed by atoms with van der Waals surface area (Å²) in [6.45, 7) is 6.66. The molecular weight excluding hydrogens is 290 g/mol. The van der Waals surface area contributed by atoms with Crippen LogP contribution in [0.15, 0.2) is 24.3 Å². The minimum absolute atomic E-state index is 0.164. The zero-order valence-corrected chi connectivity index (χ0v) is 13.8. The SMILES string of the molecule is CCCn1nc(C)c(C(=O)N[C@H]2c3ccccc3C[C@@H]2O)c1C. The molecule has 5 nitrogen and oxygen atoms in total. The Bertz CT molecular complexity index is 736. The predicted octanol–water partition coefficient (Wildman–Crippen LogP) is 2.30. The number of carbonyl (C=O) groups is 1. The van der Waals surface area contributed by atoms with Gasteiger partial charge in [0.2, 0.25) is 0 Å². The molecule has 0 saturated carbocycles. The van der Waals surface area contributed by atoms with E-state index in [1.807, 2.05) is 42.8 Å². The molecule has 0 radical (unpaired) electrons. The van der Waals surface area contributed by atoms with E-state index in [2.05, 4.69) is 17.3 Å². The van der Waals surface area contributed by atoms with Crippen molar-refractivity contribution in [3.05, 3.63) is 52.3 Å². The Labute approximate surface area is 136 Å². The number of amides is 1. The molecule has 1 aromatic carbocycles. The standard InChI is InChI=1S/C18H23N3O2/c1-4-9-21-12(3)16(11(2)20-21)18(23)19-17-14-8-6-5-7-13(14)10-15(17)22/h5-8,15,17,22H,4,9-10H2,1-3H3,(H,19,23)/t15-,17-/m0/s1. The minimum Gasteiger partial charge on any atom is -0.390 e. The molecule has 5 heteroatoms. The molecule has 0 bridgehead atoms. The molecule has 2 aromatic rings. The summed E-state index contributed by atoms with van der Waals surface area (Å²) in [4.78, 5) is 12.7. The first-order valence-electron chi connectivity index (χ1n) is 8.13. The van der Waals surface area contributed by atoms with E-state index in [0.717, 1.165) is 35.5 Å². The first kappa shape index (κ1) is 15.7. The van der Waals surface area contributed by atoms with Gasteiger partial charge in [0.25, 0.3) is 5.91 Å². The van der Waals surface area contributed by atoms with Crippen molar-refractivity contribution in [1.82, 2.24) is 15.1 Å². The molecule has 2 atom stereocenters. The van der Waals surface area contributed by atoms with E-state index in [1.54, 1.807) is 0 Å². The molecule has 1 aromatic heterocycles. The summed E-state index contributed by atoms with van der Waals surface area (Å²) in [5.41, 5.74) is 4.33. The van der Waals surface area contributed by atoms with Crippen LogP contribution in [0.2, 0.25) is 0 Å². The van der Waals surface area contributed by atoms with Crippen LogP contribution in [0, 0.1) is 13.8 Å². The zero-order chi connectivity index (χ0) is 16.6. The van der Waals surface area contributed by atoms with Gasteiger partial charge in [0, 0.05) is 18.7 Å². The number of rotatable bonds is 4. The molecule has 1 amide bonds. The average molecular weight is 313 g/mol. The third-order valence-corrected chi connectivity index (χ3v) is 4.53. The number of aryl methyl sites for hydroxylation is 2. The van der Waals surface area contributed by atoms with Gasteiger partial charge in [-0.1, -0.05) is 31.2 Å². The number of hydrogen-bond donors (Lipinski definition) is 2. The lowest BCUT2D eigenvalue weighted by Crippen LogP contribution is -2.34. The van der Waals surface area contributed by atoms with Crippen LogP contribution in [0.1, 0.15) is 52.3 Å². The Hall–Kier alpha value is -2.14. The van der Waals surface area contributed by atoms with E-state index >= 15 is 0 Å². The summed E-state index contributed by atoms with van der Waals surface area (Å²) in [5.74, 6) is -0.164. The molecule has 23 heavy (non-hydrogen) atoms. The maximum Gasteiger partial charge on any atom is 0.255 e. The van der Waals surface area contributed by atoms with Crippen LogP contribution in [-0.4, -0.2) is 26.9 Å². The molecule has 0 aliphatic heterocycles. The third-order valence-electron chi connectivity index (χ3n) is 4.53. The van der Waals surface area contributed by atoms with Crippen molar-refractivity contribution in [2.45, 2.75) is 52.3 Å². The van der Waals surface area contributed by atoms with Crippen LogP contribution < -0.4 is 5.32 Å². The molecule has 1 aliphatic rings. The average Bonchev–Trinajstić information content (AvgIpc) is 2.97. The third kappa shape index (κ3) is 2.77. The van der Waals surface area contributed by atoms with Crippen molar-refractivity contribution in [1.29, 1.82) is 0 Å². The van der Waals surface area contributed by atoms with Crippen LogP contribution in [0.3, 0.4) is 0 Å². The second-order valence-corrected chi connectivity index (χ2v) is 6.19. The van der Waals surface area contributed by atoms with Gasteiger partial charge in [-0.2, -0.15) is 5.10 Å². The number of nitrogens with zero attached hydrogens (tertiary/aromatic N) is 2. The van der Waals surface area contributed by atoms with E-state index in [-0.39, 0.29) is 11.9 Å². The Morgan fingerprint density at radius 2 is 2.13 bits per heavy atom. The Morgan fingerprint density at radius 1 is 1.39 bits per heavy atom. The number of fused-ring (bicyclic) bond motifs is 1. The maximum absolute atomic E-state index is 12.7. The van der Waals surface area contributed by atoms with Gasteiger partial charge in [-0.25, -0.2) is 0 Å². The second kappa shape index (κ2) is 6.16. The topological polar surface area (TPSA) is 67.2 Å². The van der Waals surface area contributed by atoms with Crippen molar-refractivity contribution < 1.29 is 9.90 Å². The number of aliphatic hydroxyl groups is 1. The Balaban J connectivity index is 1.86. The van der Waals surface area contributed by atoms with E-state index in [0.29, 0.717) is 12.0 Å². The van der Waals surface area contributed by atoms with Gasteiger partial charge in [-0.05, 0) is 31.4 Å². The van der Waals surface area contributed by atoms with E-state index < -0.39 is 6.10 Å². The molecule has 0 spiro atoms. The molecule has 0 fully saturated rings. The number of hydrogen-bond acceptors (Lipinski definition) is 3. The highest BCUT2D eigenvalue weighted by atomic mass is 16.3. The highest BCUT2D eigenvalue weighted by molar-refractivity contribution is 5.96. The summed E-state index contributed by atoms with van der Waals surface area (Å²) in [6, 6.07) is 7.51. The van der Waals surface area contributed by atoms with Gasteiger partial charge in [-0.3, -0.25) is 9.48 Å². The molecule has 122 valence electrons. The quantitative estimate of drug-likeness (QED) is 0.910. The molecule has 1 heterocycles. The van der Waals surface area contributed by atoms with Gasteiger partial charge < -0.3 is 10.4 Å². The number of carbonyl (C=O) groups excluding carboxylic acids is 1. The van der Waals surface area contributed by atoms with E-state index in [9.17, 15) is 9.90 Å². The number of aromatic nitrogens is 2. The molecule has 1 aliphatic carbocycles. The van der Waals surface area contributed by atoms with Crippen LogP contribution in [-0.2, 0) is 13.0 Å². The van der Waals surface area contributed by atoms with Gasteiger partial charge in [0.15, 0.2) is 0 Å². The first-order chi connectivity index (χ1) is 11.0. The molecule has 0 saturated heterocycles. The summed E-state index contributed by atoms with van der Waals surface area (Å²) in [5, 5.41) is 17.7. The number of aliphatic hydroxyl groups excluding tert-OH is 1. The summed E-state index contributed by atoms with van der Waals surface area (Å²) < 4.78 is 1.88. The fourth-order valence-corrected chi connectivity index (χ4v) is 3.42. The van der Waals surface area contributed by atoms with Crippen LogP contribution >= 0.6 is 0 Å². The lowest BCUT2D eigenvalue weighted by Gasteiger charge is -2.18. The number of nitrogens with one attached hydrogen (secondary N) is 1. The summed E-state index contributed by atoms with van der Waals surface area (Å²) >= 11 is 0. The smallest absolute Gasteiger partial charge is 0.255 e. The van der Waals surface area contributed by atoms with Crippen molar-refractivity contribution in [3.63, 3.8) is 0 Å². The lowest BCUT2D eigenvalue weighted by atomic mass is 10.1. The largest absolute Gasteiger partial charge is 0.390 e. The first-order valence-corrected chi connectivity index (χ1v) is 8.13. The van der Waals surface area contributed by atoms with E-state index in [1.165, 1.54) is 0 Å². The van der Waals surface area contributed by atoms with E-state index in [4.69, 9.17) is 0 Å². The van der Waals surface area contributed by atoms with Crippen molar-refractivity contribution in [3.8, 4) is 0 Å². The monoisotopic (exact) mass is 313 g/mol. The van der Waals surface area contributed by atoms with Gasteiger partial charge in [0.1, 0.15) is 0 Å². The van der Waals surface area contributed by atoms with Crippen LogP contribution in [0.5, 0.6) is 0 Å². The number of benzene rings is 1. The molecular formula is C18H23N3O2. The lowest BCUT2D eigenvalue weighted by molar-refractivity contribution is 0.0857. The van der Waals surface area contributed by atoms with Gasteiger partial charge >= 0.3 is 0 Å². The molecule has 2 N–H and O–H groups in total. The van der Waals surface area contributed by atoms with Crippen molar-refractivity contribution in [2.75, 3.05) is 0 Å². The van der Waals surface area contributed by atoms with Gasteiger partial charge in [0.05, 0.1) is 23.4 Å². The highest BCUT2D eigenvalue weighted by Crippen LogP contribution is 2.31. The molecule has 0 unspecified atom stereocenters.